The van der Waals surface area contributed by atoms with Gasteiger partial charge in [0.1, 0.15) is 0 Å². The van der Waals surface area contributed by atoms with Crippen LogP contribution in [0.5, 0.6) is 0 Å². The molecule has 1 aromatic heterocycles. The molecular formula is C14H24ClN5OS. The maximum atomic E-state index is 12.0. The minimum Gasteiger partial charge on any atom is -0.353 e. The first-order chi connectivity index (χ1) is 10.2. The van der Waals surface area contributed by atoms with Crippen molar-refractivity contribution in [1.82, 2.24) is 15.5 Å². The second kappa shape index (κ2) is 9.86. The van der Waals surface area contributed by atoms with E-state index in [1.807, 2.05) is 18.4 Å². The molecule has 1 amide bonds. The van der Waals surface area contributed by atoms with Crippen molar-refractivity contribution in [3.63, 3.8) is 0 Å². The molecule has 1 fully saturated rings. The summed E-state index contributed by atoms with van der Waals surface area (Å²) in [6.45, 7) is 1.57. The van der Waals surface area contributed by atoms with Crippen LogP contribution in [-0.2, 0) is 4.79 Å². The van der Waals surface area contributed by atoms with E-state index in [1.54, 1.807) is 18.0 Å². The van der Waals surface area contributed by atoms with Gasteiger partial charge < -0.3 is 16.0 Å². The van der Waals surface area contributed by atoms with Crippen LogP contribution in [0, 0.1) is 0 Å². The second-order valence-electron chi connectivity index (χ2n) is 5.20. The standard InChI is InChI=1S/C14H23N5OS.ClH/c1-21-9-6-12(15)14(20)16-10-11-4-3-8-19(11)13-5-2-7-17-18-13;/h2,5,7,11-12H,3-4,6,8-10,15H2,1H3,(H,16,20);1H/t11?,12-;/m0./s1. The molecule has 1 aliphatic rings. The lowest BCUT2D eigenvalue weighted by molar-refractivity contribution is -0.122. The SMILES string of the molecule is CSCC[C@H](N)C(=O)NCC1CCCN1c1cccnn1.Cl. The van der Waals surface area contributed by atoms with E-state index in [9.17, 15) is 4.79 Å². The van der Waals surface area contributed by atoms with Crippen LogP contribution in [0.15, 0.2) is 18.3 Å². The highest BCUT2D eigenvalue weighted by Gasteiger charge is 2.26. The number of nitrogens with one attached hydrogen (secondary N) is 1. The molecule has 0 saturated carbocycles. The monoisotopic (exact) mass is 345 g/mol. The number of thioether (sulfide) groups is 1. The molecule has 1 saturated heterocycles. The summed E-state index contributed by atoms with van der Waals surface area (Å²) in [5.74, 6) is 1.72. The van der Waals surface area contributed by atoms with Gasteiger partial charge in [0.05, 0.1) is 6.04 Å². The van der Waals surface area contributed by atoms with Crippen molar-refractivity contribution in [2.24, 2.45) is 5.73 Å². The van der Waals surface area contributed by atoms with Gasteiger partial charge in [0.15, 0.2) is 5.82 Å². The minimum absolute atomic E-state index is 0. The van der Waals surface area contributed by atoms with E-state index < -0.39 is 6.04 Å². The van der Waals surface area contributed by atoms with Gasteiger partial charge in [-0.25, -0.2) is 0 Å². The first-order valence-electron chi connectivity index (χ1n) is 7.29. The fourth-order valence-electron chi connectivity index (χ4n) is 2.52. The zero-order chi connectivity index (χ0) is 15.1. The van der Waals surface area contributed by atoms with Crippen molar-refractivity contribution >= 4 is 35.9 Å². The molecule has 0 radical (unpaired) electrons. The van der Waals surface area contributed by atoms with Crippen LogP contribution in [0.4, 0.5) is 5.82 Å². The summed E-state index contributed by atoms with van der Waals surface area (Å²) in [5.41, 5.74) is 5.87. The van der Waals surface area contributed by atoms with E-state index in [-0.39, 0.29) is 24.4 Å². The Morgan fingerprint density at radius 3 is 3.14 bits per heavy atom. The Morgan fingerprint density at radius 2 is 2.45 bits per heavy atom. The summed E-state index contributed by atoms with van der Waals surface area (Å²) >= 11 is 1.70. The van der Waals surface area contributed by atoms with Gasteiger partial charge in [-0.15, -0.1) is 17.5 Å². The highest BCUT2D eigenvalue weighted by atomic mass is 35.5. The summed E-state index contributed by atoms with van der Waals surface area (Å²) < 4.78 is 0. The van der Waals surface area contributed by atoms with Gasteiger partial charge in [-0.3, -0.25) is 4.79 Å². The summed E-state index contributed by atoms with van der Waals surface area (Å²) in [6.07, 6.45) is 6.56. The Labute approximate surface area is 142 Å². The van der Waals surface area contributed by atoms with Crippen LogP contribution in [0.1, 0.15) is 19.3 Å². The summed E-state index contributed by atoms with van der Waals surface area (Å²) in [4.78, 5) is 14.2. The molecule has 0 aromatic carbocycles. The smallest absolute Gasteiger partial charge is 0.237 e. The van der Waals surface area contributed by atoms with E-state index in [4.69, 9.17) is 5.73 Å². The van der Waals surface area contributed by atoms with Crippen LogP contribution < -0.4 is 16.0 Å². The first kappa shape index (κ1) is 19.0. The van der Waals surface area contributed by atoms with Crippen molar-refractivity contribution in [3.05, 3.63) is 18.3 Å². The number of aromatic nitrogens is 2. The average Bonchev–Trinajstić information content (AvgIpc) is 2.99. The second-order valence-corrected chi connectivity index (χ2v) is 6.19. The number of hydrogen-bond acceptors (Lipinski definition) is 6. The Morgan fingerprint density at radius 1 is 1.64 bits per heavy atom. The highest BCUT2D eigenvalue weighted by molar-refractivity contribution is 7.98. The third-order valence-corrected chi connectivity index (χ3v) is 4.36. The summed E-state index contributed by atoms with van der Waals surface area (Å²) in [7, 11) is 0. The lowest BCUT2D eigenvalue weighted by Gasteiger charge is -2.25. The molecule has 1 aromatic rings. The predicted octanol–water partition coefficient (Wildman–Crippen LogP) is 1.06. The highest BCUT2D eigenvalue weighted by Crippen LogP contribution is 2.22. The number of carbonyl (C=O) groups excluding carboxylic acids is 1. The normalized spacial score (nSPS) is 18.6. The molecule has 3 N–H and O–H groups in total. The number of carbonyl (C=O) groups is 1. The number of halogens is 1. The van der Waals surface area contributed by atoms with Gasteiger partial charge in [-0.05, 0) is 43.4 Å². The van der Waals surface area contributed by atoms with E-state index in [1.165, 1.54) is 0 Å². The van der Waals surface area contributed by atoms with Crippen LogP contribution in [0.2, 0.25) is 0 Å². The van der Waals surface area contributed by atoms with E-state index >= 15 is 0 Å². The predicted molar refractivity (Wildman–Crippen MR) is 93.6 cm³/mol. The Kier molecular flexibility index (Phi) is 8.52. The number of hydrogen-bond donors (Lipinski definition) is 2. The molecule has 2 heterocycles. The number of amides is 1. The maximum absolute atomic E-state index is 12.0. The van der Waals surface area contributed by atoms with Crippen LogP contribution in [0.3, 0.4) is 0 Å². The molecule has 6 nitrogen and oxygen atoms in total. The third-order valence-electron chi connectivity index (χ3n) is 3.71. The number of nitrogens with zero attached hydrogens (tertiary/aromatic N) is 3. The van der Waals surface area contributed by atoms with Crippen LogP contribution in [0.25, 0.3) is 0 Å². The van der Waals surface area contributed by atoms with E-state index in [0.717, 1.165) is 31.0 Å². The van der Waals surface area contributed by atoms with E-state index in [0.29, 0.717) is 13.0 Å². The van der Waals surface area contributed by atoms with Crippen molar-refractivity contribution in [3.8, 4) is 0 Å². The van der Waals surface area contributed by atoms with Gasteiger partial charge in [0.25, 0.3) is 0 Å². The quantitative estimate of drug-likeness (QED) is 0.769. The molecule has 2 rings (SSSR count). The molecule has 1 aliphatic heterocycles. The number of nitrogens with two attached hydrogens (primary N) is 1. The van der Waals surface area contributed by atoms with Crippen molar-refractivity contribution < 1.29 is 4.79 Å². The molecule has 2 atom stereocenters. The minimum atomic E-state index is -0.413. The molecule has 0 spiro atoms. The summed E-state index contributed by atoms with van der Waals surface area (Å²) in [5, 5.41) is 11.0. The third kappa shape index (κ3) is 5.30. The van der Waals surface area contributed by atoms with Gasteiger partial charge in [0.2, 0.25) is 5.91 Å². The fraction of sp³-hybridized carbons (Fsp3) is 0.643. The molecule has 0 aliphatic carbocycles. The topological polar surface area (TPSA) is 84.1 Å². The van der Waals surface area contributed by atoms with Gasteiger partial charge in [-0.2, -0.15) is 16.9 Å². The Balaban J connectivity index is 0.00000242. The number of anilines is 1. The van der Waals surface area contributed by atoms with Crippen LogP contribution in [-0.4, -0.2) is 53.3 Å². The lowest BCUT2D eigenvalue weighted by atomic mass is 10.2. The lowest BCUT2D eigenvalue weighted by Crippen LogP contribution is -2.46. The van der Waals surface area contributed by atoms with Gasteiger partial charge in [0, 0.05) is 25.3 Å². The molecule has 0 bridgehead atoms. The van der Waals surface area contributed by atoms with Crippen molar-refractivity contribution in [2.45, 2.75) is 31.3 Å². The largest absolute Gasteiger partial charge is 0.353 e. The van der Waals surface area contributed by atoms with Gasteiger partial charge >= 0.3 is 0 Å². The molecule has 8 heteroatoms. The molecular weight excluding hydrogens is 322 g/mol. The fourth-order valence-corrected chi connectivity index (χ4v) is 3.01. The Bertz CT molecular complexity index is 450. The van der Waals surface area contributed by atoms with Crippen LogP contribution >= 0.6 is 24.2 Å². The molecule has 1 unspecified atom stereocenters. The van der Waals surface area contributed by atoms with Crippen molar-refractivity contribution in [1.29, 1.82) is 0 Å². The maximum Gasteiger partial charge on any atom is 0.237 e. The summed E-state index contributed by atoms with van der Waals surface area (Å²) in [6, 6.07) is 3.70. The Hall–Kier alpha value is -1.05. The zero-order valence-electron chi connectivity index (χ0n) is 12.8. The first-order valence-corrected chi connectivity index (χ1v) is 8.68. The van der Waals surface area contributed by atoms with Crippen molar-refractivity contribution in [2.75, 3.05) is 30.0 Å². The number of rotatable bonds is 7. The van der Waals surface area contributed by atoms with Gasteiger partial charge in [-0.1, -0.05) is 0 Å². The zero-order valence-corrected chi connectivity index (χ0v) is 14.4. The van der Waals surface area contributed by atoms with E-state index in [2.05, 4.69) is 20.4 Å². The average molecular weight is 346 g/mol. The molecule has 124 valence electrons. The molecule has 22 heavy (non-hydrogen) atoms.